The molecule has 8 heteroatoms. The normalized spacial score (nSPS) is 11.6. The lowest BCUT2D eigenvalue weighted by molar-refractivity contribution is 0.415. The first-order valence-electron chi connectivity index (χ1n) is 8.79. The van der Waals surface area contributed by atoms with E-state index in [0.29, 0.717) is 16.9 Å². The zero-order chi connectivity index (χ0) is 19.3. The number of hydrogen-bond acceptors (Lipinski definition) is 4. The highest BCUT2D eigenvalue weighted by atomic mass is 16.5. The molecular weight excluding hydrogens is 346 g/mol. The number of ether oxygens (including phenoxy) is 1. The van der Waals surface area contributed by atoms with Crippen molar-refractivity contribution in [3.05, 3.63) is 51.3 Å². The van der Waals surface area contributed by atoms with Crippen LogP contribution in [0.25, 0.3) is 28.2 Å². The molecule has 0 bridgehead atoms. The topological polar surface area (TPSA) is 75.5 Å². The van der Waals surface area contributed by atoms with Crippen LogP contribution in [-0.2, 0) is 20.6 Å². The van der Waals surface area contributed by atoms with E-state index >= 15 is 0 Å². The van der Waals surface area contributed by atoms with Gasteiger partial charge < -0.3 is 9.30 Å². The maximum atomic E-state index is 12.8. The van der Waals surface area contributed by atoms with Crippen molar-refractivity contribution in [1.29, 1.82) is 0 Å². The van der Waals surface area contributed by atoms with E-state index in [1.54, 1.807) is 18.6 Å². The first kappa shape index (κ1) is 17.1. The first-order chi connectivity index (χ1) is 13.0. The molecule has 0 spiro atoms. The van der Waals surface area contributed by atoms with Crippen molar-refractivity contribution >= 4 is 16.9 Å². The lowest BCUT2D eigenvalue weighted by Crippen LogP contribution is -2.37. The third-order valence-corrected chi connectivity index (χ3v) is 4.87. The summed E-state index contributed by atoms with van der Waals surface area (Å²) in [7, 11) is 4.74. The fourth-order valence-corrected chi connectivity index (χ4v) is 3.47. The summed E-state index contributed by atoms with van der Waals surface area (Å²) in [6, 6.07) is 7.78. The van der Waals surface area contributed by atoms with E-state index in [9.17, 15) is 9.59 Å². The van der Waals surface area contributed by atoms with Crippen LogP contribution in [-0.4, -0.2) is 30.2 Å². The average molecular weight is 367 g/mol. The Balaban J connectivity index is 2.12. The largest absolute Gasteiger partial charge is 0.497 e. The Morgan fingerprint density at radius 1 is 1.15 bits per heavy atom. The van der Waals surface area contributed by atoms with Crippen molar-refractivity contribution in [2.75, 3.05) is 7.11 Å². The van der Waals surface area contributed by atoms with E-state index in [1.165, 1.54) is 11.6 Å². The van der Waals surface area contributed by atoms with Crippen LogP contribution in [0.2, 0.25) is 0 Å². The second-order valence-electron chi connectivity index (χ2n) is 6.56. The van der Waals surface area contributed by atoms with Gasteiger partial charge in [0.1, 0.15) is 5.75 Å². The molecule has 0 atom stereocenters. The lowest BCUT2D eigenvalue weighted by atomic mass is 10.1. The van der Waals surface area contributed by atoms with Crippen molar-refractivity contribution in [3.8, 4) is 17.0 Å². The van der Waals surface area contributed by atoms with E-state index in [4.69, 9.17) is 4.74 Å². The number of aromatic nitrogens is 5. The van der Waals surface area contributed by atoms with Gasteiger partial charge in [-0.2, -0.15) is 4.98 Å². The average Bonchev–Trinajstić information content (AvgIpc) is 3.22. The number of aryl methyl sites for hydroxylation is 2. The molecule has 140 valence electrons. The van der Waals surface area contributed by atoms with Crippen molar-refractivity contribution in [1.82, 2.24) is 23.1 Å². The lowest BCUT2D eigenvalue weighted by Gasteiger charge is -2.09. The van der Waals surface area contributed by atoms with Gasteiger partial charge >= 0.3 is 5.69 Å². The number of methoxy groups -OCH3 is 1. The summed E-state index contributed by atoms with van der Waals surface area (Å²) in [6.07, 6.45) is 2.81. The zero-order valence-electron chi connectivity index (χ0n) is 15.8. The fourth-order valence-electron chi connectivity index (χ4n) is 3.47. The summed E-state index contributed by atoms with van der Waals surface area (Å²) < 4.78 is 11.7. The summed E-state index contributed by atoms with van der Waals surface area (Å²) >= 11 is 0. The van der Waals surface area contributed by atoms with E-state index in [2.05, 4.69) is 16.5 Å². The zero-order valence-corrected chi connectivity index (χ0v) is 15.8. The molecule has 0 aliphatic carbocycles. The van der Waals surface area contributed by atoms with Crippen LogP contribution < -0.4 is 16.0 Å². The van der Waals surface area contributed by atoms with Crippen LogP contribution in [0, 0.1) is 0 Å². The predicted molar refractivity (Wildman–Crippen MR) is 103 cm³/mol. The Hall–Kier alpha value is -3.29. The Morgan fingerprint density at radius 3 is 2.63 bits per heavy atom. The molecule has 0 amide bonds. The molecule has 4 rings (SSSR count). The number of fused-ring (bicyclic) bond motifs is 3. The van der Waals surface area contributed by atoms with Crippen LogP contribution in [0.5, 0.6) is 5.75 Å². The monoisotopic (exact) mass is 367 g/mol. The third-order valence-electron chi connectivity index (χ3n) is 4.87. The smallest absolute Gasteiger partial charge is 0.332 e. The second-order valence-corrected chi connectivity index (χ2v) is 6.56. The number of hydrogen-bond donors (Lipinski definition) is 0. The molecule has 0 N–H and O–H groups in total. The molecule has 0 saturated carbocycles. The Kier molecular flexibility index (Phi) is 3.91. The summed E-state index contributed by atoms with van der Waals surface area (Å²) in [5.74, 6) is 1.40. The molecule has 4 aromatic rings. The summed E-state index contributed by atoms with van der Waals surface area (Å²) in [6.45, 7) is 2.82. The van der Waals surface area contributed by atoms with Crippen LogP contribution in [0.1, 0.15) is 13.3 Å². The van der Waals surface area contributed by atoms with Gasteiger partial charge in [-0.3, -0.25) is 18.3 Å². The third kappa shape index (κ3) is 2.40. The van der Waals surface area contributed by atoms with E-state index in [0.717, 1.165) is 34.5 Å². The second kappa shape index (κ2) is 6.15. The van der Waals surface area contributed by atoms with Gasteiger partial charge in [-0.15, -0.1) is 0 Å². The summed E-state index contributed by atoms with van der Waals surface area (Å²) in [5, 5.41) is 0. The van der Waals surface area contributed by atoms with Gasteiger partial charge in [-0.25, -0.2) is 4.79 Å². The molecule has 0 saturated heterocycles. The number of imidazole rings is 2. The Labute approximate surface area is 154 Å². The Bertz CT molecular complexity index is 1290. The summed E-state index contributed by atoms with van der Waals surface area (Å²) in [5.41, 5.74) is 1.96. The highest BCUT2D eigenvalue weighted by Gasteiger charge is 2.20. The van der Waals surface area contributed by atoms with Crippen molar-refractivity contribution in [3.63, 3.8) is 0 Å². The molecule has 0 fully saturated rings. The number of benzene rings is 1. The highest BCUT2D eigenvalue weighted by Crippen LogP contribution is 2.28. The van der Waals surface area contributed by atoms with Crippen molar-refractivity contribution in [2.24, 2.45) is 14.1 Å². The van der Waals surface area contributed by atoms with Crippen LogP contribution in [0.4, 0.5) is 0 Å². The van der Waals surface area contributed by atoms with Gasteiger partial charge in [-0.05, 0) is 18.6 Å². The molecule has 0 unspecified atom stereocenters. The first-order valence-corrected chi connectivity index (χ1v) is 8.79. The summed E-state index contributed by atoms with van der Waals surface area (Å²) in [4.78, 5) is 29.6. The molecule has 27 heavy (non-hydrogen) atoms. The van der Waals surface area contributed by atoms with E-state index in [1.807, 2.05) is 30.5 Å². The fraction of sp³-hybridized carbons (Fsp3) is 0.316. The molecule has 3 aromatic heterocycles. The van der Waals surface area contributed by atoms with E-state index in [-0.39, 0.29) is 11.2 Å². The van der Waals surface area contributed by atoms with Crippen molar-refractivity contribution < 1.29 is 4.74 Å². The highest BCUT2D eigenvalue weighted by molar-refractivity contribution is 5.78. The molecule has 1 aromatic carbocycles. The molecule has 0 aliphatic rings. The number of rotatable bonds is 4. The van der Waals surface area contributed by atoms with Gasteiger partial charge in [0, 0.05) is 32.4 Å². The predicted octanol–water partition coefficient (Wildman–Crippen LogP) is 1.77. The molecular formula is C19H21N5O3. The molecule has 0 aliphatic heterocycles. The van der Waals surface area contributed by atoms with Gasteiger partial charge in [0.05, 0.1) is 12.8 Å². The SMILES string of the molecule is CCCn1c(-c2cccc(OC)c2)cn2c3c(=O)n(C)c(=O)n(C)c3nc12. The molecule has 0 radical (unpaired) electrons. The molecule has 8 nitrogen and oxygen atoms in total. The van der Waals surface area contributed by atoms with Crippen LogP contribution in [0.15, 0.2) is 40.1 Å². The van der Waals surface area contributed by atoms with Crippen LogP contribution >= 0.6 is 0 Å². The van der Waals surface area contributed by atoms with Gasteiger partial charge in [0.25, 0.3) is 5.56 Å². The van der Waals surface area contributed by atoms with Gasteiger partial charge in [-0.1, -0.05) is 19.1 Å². The number of nitrogens with zero attached hydrogens (tertiary/aromatic N) is 5. The Morgan fingerprint density at radius 2 is 1.93 bits per heavy atom. The minimum Gasteiger partial charge on any atom is -0.497 e. The maximum Gasteiger partial charge on any atom is 0.332 e. The van der Waals surface area contributed by atoms with Crippen LogP contribution in [0.3, 0.4) is 0 Å². The minimum absolute atomic E-state index is 0.355. The van der Waals surface area contributed by atoms with Gasteiger partial charge in [0.2, 0.25) is 5.78 Å². The minimum atomic E-state index is -0.386. The van der Waals surface area contributed by atoms with Crippen molar-refractivity contribution in [2.45, 2.75) is 19.9 Å². The maximum absolute atomic E-state index is 12.8. The van der Waals surface area contributed by atoms with E-state index < -0.39 is 0 Å². The molecule has 3 heterocycles. The standard InChI is InChI=1S/C19H21N5O3/c1-5-9-23-14(12-7-6-8-13(10-12)27-4)11-24-15-16(20-18(23)24)21(2)19(26)22(3)17(15)25/h6-8,10-11H,5,9H2,1-4H3. The van der Waals surface area contributed by atoms with Gasteiger partial charge in [0.15, 0.2) is 11.2 Å². The quantitative estimate of drug-likeness (QED) is 0.551.